The second-order valence-corrected chi connectivity index (χ2v) is 32.3. The highest BCUT2D eigenvalue weighted by molar-refractivity contribution is 6.01. The minimum atomic E-state index is -5.23. The van der Waals surface area contributed by atoms with Crippen molar-refractivity contribution in [1.82, 2.24) is 65.4 Å². The van der Waals surface area contributed by atoms with Crippen LogP contribution < -0.4 is 21.3 Å². The van der Waals surface area contributed by atoms with Crippen LogP contribution >= 0.6 is 0 Å². The topological polar surface area (TPSA) is 308 Å². The van der Waals surface area contributed by atoms with Gasteiger partial charge in [0.2, 0.25) is 76.8 Å². The fraction of sp³-hybridized carbons (Fsp3) is 0.827. The van der Waals surface area contributed by atoms with Crippen LogP contribution in [0.25, 0.3) is 0 Å². The summed E-state index contributed by atoms with van der Waals surface area (Å²) in [4.78, 5) is 205. The van der Waals surface area contributed by atoms with E-state index >= 15 is 42.3 Å². The van der Waals surface area contributed by atoms with E-state index in [2.05, 4.69) is 21.3 Å². The first-order valence-electron chi connectivity index (χ1n) is 39.1. The molecule has 2 unspecified atom stereocenters. The number of fused-ring (bicyclic) bond motifs is 3. The molecule has 35 heteroatoms. The SMILES string of the molecule is CCO[C@@H]1C[C@H]2C(=O)NC3(CCC3)C(=O)N(C)[C@@H](C3CCCC3)C(=O)N(C)[C@H](C(=O)N(C)CC)CC(=O)N(C)[C@@H](CC(C)C)C(=O)N[C@@H]([C@@H](C)CC)C(=O)N(C)CC(=O)N(C)[C@H]3CC(=O)NCCN(C3=O)[C@@H](CC3CCC(C(F)(F)F)CC3)C(=O)N(C)CC(=O)N[C@@H](CCC3CC(F)C(C(F)(F)F)C(F)C3)C(=O)N2C1. The zero-order valence-electron chi connectivity index (χ0n) is 66.0. The van der Waals surface area contributed by atoms with Crippen LogP contribution in [0.4, 0.5) is 35.1 Å². The highest BCUT2D eigenvalue weighted by Crippen LogP contribution is 2.46. The smallest absolute Gasteiger partial charge is 0.377 e. The summed E-state index contributed by atoms with van der Waals surface area (Å²) in [5, 5.41) is 11.0. The van der Waals surface area contributed by atoms with Crippen molar-refractivity contribution >= 4 is 76.8 Å². The van der Waals surface area contributed by atoms with Gasteiger partial charge in [-0.1, -0.05) is 47.0 Å². The zero-order valence-corrected chi connectivity index (χ0v) is 66.0. The van der Waals surface area contributed by atoms with Gasteiger partial charge in [-0.15, -0.1) is 0 Å². The second-order valence-electron chi connectivity index (χ2n) is 32.3. The van der Waals surface area contributed by atoms with Crippen LogP contribution in [-0.2, 0) is 67.1 Å². The standard InChI is InChI=1S/C75H117F8N13O14/c1-14-43(6)62-70(107)90(9)41-60(100)92(11)54-37-57(97)84-30-31-95(69(54)106)56(35-44-22-25-47(26-23-44)74(78,79)80)68(105)89(8)40-58(98)85-51(27-24-45-33-49(76)61(50(77)34-45)75(81,82)83)66(103)96-39-48(110-16-3)36-53(96)65(102)87-73(28-19-29-73)72(109)94(13)63(46-20-17-18-21-46)71(108)93(12)55(67(104)88(7)15-2)38-59(99)91(10)52(32-42(4)5)64(101)86-62/h42-56,61-63H,14-41H2,1-13H3,(H,84,97)(H,85,98)(H,86,101)(H,87,102)/t43-,44?,45?,47?,48+,49?,50?,51-,52-,53-,54-,55-,56-,61?,62-,63-/m0/s1. The van der Waals surface area contributed by atoms with Crippen LogP contribution in [0, 0.1) is 41.4 Å². The van der Waals surface area contributed by atoms with E-state index in [-0.39, 0.29) is 96.4 Å². The summed E-state index contributed by atoms with van der Waals surface area (Å²) in [6, 6.07) is -12.0. The maximum Gasteiger partial charge on any atom is 0.397 e. The second kappa shape index (κ2) is 38.4. The molecule has 7 fully saturated rings. The van der Waals surface area contributed by atoms with Crippen molar-refractivity contribution < 1.29 is 102 Å². The van der Waals surface area contributed by atoms with Crippen LogP contribution in [0.15, 0.2) is 0 Å². The number of alkyl halides is 8. The van der Waals surface area contributed by atoms with Crippen molar-refractivity contribution in [2.45, 2.75) is 261 Å². The van der Waals surface area contributed by atoms with E-state index in [1.54, 1.807) is 41.5 Å². The highest BCUT2D eigenvalue weighted by Gasteiger charge is 2.56. The quantitative estimate of drug-likeness (QED) is 0.168. The molecule has 3 heterocycles. The number of hydrogen-bond donors (Lipinski definition) is 4. The molecule has 0 aromatic carbocycles. The molecule has 3 saturated heterocycles. The molecule has 7 aliphatic rings. The number of rotatable bonds is 14. The van der Waals surface area contributed by atoms with Gasteiger partial charge < -0.3 is 70.1 Å². The van der Waals surface area contributed by atoms with E-state index in [9.17, 15) is 55.1 Å². The Balaban J connectivity index is 1.34. The summed E-state index contributed by atoms with van der Waals surface area (Å²) >= 11 is 0. The molecule has 3 aliphatic heterocycles. The van der Waals surface area contributed by atoms with E-state index in [4.69, 9.17) is 4.74 Å². The molecule has 0 aromatic heterocycles. The number of nitrogens with one attached hydrogen (secondary N) is 4. The first kappa shape index (κ1) is 89.7. The van der Waals surface area contributed by atoms with E-state index in [1.807, 2.05) is 0 Å². The molecule has 110 heavy (non-hydrogen) atoms. The third-order valence-electron chi connectivity index (χ3n) is 24.3. The van der Waals surface area contributed by atoms with Crippen molar-refractivity contribution in [2.24, 2.45) is 41.4 Å². The van der Waals surface area contributed by atoms with Crippen LogP contribution in [0.1, 0.15) is 176 Å². The van der Waals surface area contributed by atoms with Gasteiger partial charge in [0.15, 0.2) is 0 Å². The van der Waals surface area contributed by atoms with Crippen LogP contribution in [0.3, 0.4) is 0 Å². The average Bonchev–Trinajstić information content (AvgIpc) is 1.26. The van der Waals surface area contributed by atoms with Gasteiger partial charge in [-0.05, 0) is 140 Å². The lowest BCUT2D eigenvalue weighted by Crippen LogP contribution is -2.68. The minimum absolute atomic E-state index is 0.0255. The van der Waals surface area contributed by atoms with Gasteiger partial charge in [0.1, 0.15) is 72.1 Å². The predicted molar refractivity (Wildman–Crippen MR) is 385 cm³/mol. The Morgan fingerprint density at radius 3 is 1.79 bits per heavy atom. The lowest BCUT2D eigenvalue weighted by atomic mass is 9.74. The number of carbonyl (C=O) groups excluding carboxylic acids is 13. The maximum absolute atomic E-state index is 15.6. The number of likely N-dealkylation sites (N-methyl/N-ethyl adjacent to an activating group) is 7. The molecular formula is C75H117F8N13O14. The minimum Gasteiger partial charge on any atom is -0.377 e. The van der Waals surface area contributed by atoms with Crippen molar-refractivity contribution in [3.63, 3.8) is 0 Å². The normalized spacial score (nSPS) is 31.4. The Kier molecular flexibility index (Phi) is 31.3. The Labute approximate surface area is 639 Å². The number of carbonyl (C=O) groups is 13. The van der Waals surface area contributed by atoms with Gasteiger partial charge in [-0.2, -0.15) is 26.3 Å². The summed E-state index contributed by atoms with van der Waals surface area (Å²) in [7, 11) is 9.20. The number of ether oxygens (including phenoxy) is 1. The average molecular weight is 1580 g/mol. The number of halogens is 8. The molecule has 4 N–H and O–H groups in total. The first-order chi connectivity index (χ1) is 51.5. The molecule has 2 bridgehead atoms. The predicted octanol–water partition coefficient (Wildman–Crippen LogP) is 4.91. The summed E-state index contributed by atoms with van der Waals surface area (Å²) in [6.07, 6.45) is -18.0. The van der Waals surface area contributed by atoms with Gasteiger partial charge >= 0.3 is 12.4 Å². The van der Waals surface area contributed by atoms with Crippen LogP contribution in [0.2, 0.25) is 0 Å². The van der Waals surface area contributed by atoms with Gasteiger partial charge in [-0.3, -0.25) is 62.3 Å². The number of nitrogens with zero attached hydrogens (tertiary/aromatic N) is 9. The molecule has 27 nitrogen and oxygen atoms in total. The molecule has 4 aliphatic carbocycles. The monoisotopic (exact) mass is 1580 g/mol. The van der Waals surface area contributed by atoms with Gasteiger partial charge in [0, 0.05) is 88.5 Å². The van der Waals surface area contributed by atoms with Crippen molar-refractivity contribution in [2.75, 3.05) is 95.2 Å². The number of amides is 13. The Morgan fingerprint density at radius 2 is 1.24 bits per heavy atom. The first-order valence-corrected chi connectivity index (χ1v) is 39.1. The molecule has 0 aromatic rings. The summed E-state index contributed by atoms with van der Waals surface area (Å²) in [6.45, 7) is 7.84. The summed E-state index contributed by atoms with van der Waals surface area (Å²) in [5.74, 6) is -18.7. The fourth-order valence-electron chi connectivity index (χ4n) is 17.1. The van der Waals surface area contributed by atoms with Gasteiger partial charge in [0.25, 0.3) is 0 Å². The lowest BCUT2D eigenvalue weighted by molar-refractivity contribution is -0.219. The van der Waals surface area contributed by atoms with Crippen LogP contribution in [0.5, 0.6) is 0 Å². The van der Waals surface area contributed by atoms with Gasteiger partial charge in [0.05, 0.1) is 38.0 Å². The van der Waals surface area contributed by atoms with Crippen molar-refractivity contribution in [3.8, 4) is 0 Å². The third kappa shape index (κ3) is 21.6. The van der Waals surface area contributed by atoms with Crippen molar-refractivity contribution in [3.05, 3.63) is 0 Å². The van der Waals surface area contributed by atoms with Gasteiger partial charge in [-0.25, -0.2) is 8.78 Å². The largest absolute Gasteiger partial charge is 0.397 e. The zero-order chi connectivity index (χ0) is 81.9. The van der Waals surface area contributed by atoms with Crippen molar-refractivity contribution in [1.29, 1.82) is 0 Å². The Bertz CT molecular complexity index is 3290. The third-order valence-corrected chi connectivity index (χ3v) is 24.3. The van der Waals surface area contributed by atoms with E-state index in [0.717, 1.165) is 41.3 Å². The van der Waals surface area contributed by atoms with E-state index in [0.29, 0.717) is 38.5 Å². The molecular weight excluding hydrogens is 1460 g/mol. The maximum atomic E-state index is 15.6. The molecule has 13 amide bonds. The molecule has 1 spiro atoms. The summed E-state index contributed by atoms with van der Waals surface area (Å²) < 4.78 is 121. The molecule has 7 rings (SSSR count). The number of hydrogen-bond acceptors (Lipinski definition) is 14. The fourth-order valence-corrected chi connectivity index (χ4v) is 17.1. The van der Waals surface area contributed by atoms with E-state index < -0.39 is 249 Å². The summed E-state index contributed by atoms with van der Waals surface area (Å²) in [5.41, 5.74) is -1.71. The van der Waals surface area contributed by atoms with E-state index in [1.165, 1.54) is 52.1 Å². The molecule has 622 valence electrons. The Hall–Kier alpha value is -7.49. The lowest BCUT2D eigenvalue weighted by Gasteiger charge is -2.46. The molecule has 4 saturated carbocycles. The molecule has 12 atom stereocenters. The molecule has 0 radical (unpaired) electrons. The highest BCUT2D eigenvalue weighted by atomic mass is 19.4. The van der Waals surface area contributed by atoms with Crippen LogP contribution in [-0.4, -0.2) is 301 Å². The Morgan fingerprint density at radius 1 is 0.618 bits per heavy atom.